The number of likely N-dealkylation sites (N-methyl/N-ethyl adjacent to an activating group) is 1. The van der Waals surface area contributed by atoms with Crippen LogP contribution >= 0.6 is 0 Å². The molecule has 1 fully saturated rings. The maximum atomic E-state index is 11.9. The Bertz CT molecular complexity index is 518. The van der Waals surface area contributed by atoms with Crippen molar-refractivity contribution in [3.05, 3.63) is 29.8 Å². The molecule has 0 heterocycles. The van der Waals surface area contributed by atoms with Crippen molar-refractivity contribution in [1.82, 2.24) is 5.32 Å². The van der Waals surface area contributed by atoms with E-state index >= 15 is 0 Å². The second kappa shape index (κ2) is 5.68. The fourth-order valence-corrected chi connectivity index (χ4v) is 2.77. The van der Waals surface area contributed by atoms with Crippen molar-refractivity contribution in [3.63, 3.8) is 0 Å². The van der Waals surface area contributed by atoms with Crippen LogP contribution in [0.4, 0.5) is 0 Å². The molecule has 4 heteroatoms. The summed E-state index contributed by atoms with van der Waals surface area (Å²) in [5, 5.41) is 3.11. The summed E-state index contributed by atoms with van der Waals surface area (Å²) in [6, 6.07) is 7.98. The van der Waals surface area contributed by atoms with Gasteiger partial charge in [0.05, 0.1) is 0 Å². The highest BCUT2D eigenvalue weighted by Gasteiger charge is 2.49. The lowest BCUT2D eigenvalue weighted by atomic mass is 9.86. The summed E-state index contributed by atoms with van der Waals surface area (Å²) in [7, 11) is 1.78. The number of carbonyl (C=O) groups excluding carboxylic acids is 1. The van der Waals surface area contributed by atoms with Crippen LogP contribution in [0.1, 0.15) is 39.2 Å². The summed E-state index contributed by atoms with van der Waals surface area (Å²) >= 11 is 0. The normalized spacial score (nSPS) is 18.1. The Hall–Kier alpha value is -1.55. The van der Waals surface area contributed by atoms with E-state index in [-0.39, 0.29) is 23.8 Å². The van der Waals surface area contributed by atoms with Gasteiger partial charge < -0.3 is 15.8 Å². The maximum Gasteiger partial charge on any atom is 0.241 e. The average molecular weight is 290 g/mol. The van der Waals surface area contributed by atoms with Gasteiger partial charge in [-0.2, -0.15) is 0 Å². The summed E-state index contributed by atoms with van der Waals surface area (Å²) in [6.07, 6.45) is 2.04. The molecule has 1 aromatic carbocycles. The number of hydrogen-bond donors (Lipinski definition) is 2. The number of carbonyl (C=O) groups is 1. The van der Waals surface area contributed by atoms with E-state index in [4.69, 9.17) is 10.5 Å². The zero-order valence-corrected chi connectivity index (χ0v) is 13.4. The van der Waals surface area contributed by atoms with Gasteiger partial charge in [-0.25, -0.2) is 0 Å². The van der Waals surface area contributed by atoms with Crippen molar-refractivity contribution in [2.45, 2.75) is 44.6 Å². The van der Waals surface area contributed by atoms with Gasteiger partial charge in [-0.3, -0.25) is 4.79 Å². The molecule has 116 valence electrons. The zero-order valence-electron chi connectivity index (χ0n) is 13.4. The van der Waals surface area contributed by atoms with Crippen LogP contribution < -0.4 is 15.8 Å². The Labute approximate surface area is 127 Å². The molecule has 1 aliphatic carbocycles. The minimum absolute atomic E-state index is 0.00873. The van der Waals surface area contributed by atoms with Crippen LogP contribution in [0.5, 0.6) is 5.75 Å². The molecule has 0 saturated heterocycles. The van der Waals surface area contributed by atoms with E-state index in [2.05, 4.69) is 32.2 Å². The van der Waals surface area contributed by atoms with Crippen LogP contribution in [0.3, 0.4) is 0 Å². The Morgan fingerprint density at radius 1 is 1.33 bits per heavy atom. The van der Waals surface area contributed by atoms with Crippen LogP contribution in [0, 0.1) is 5.92 Å². The molecular formula is C17H26N2O2. The van der Waals surface area contributed by atoms with E-state index in [1.807, 2.05) is 18.2 Å². The van der Waals surface area contributed by atoms with Crippen molar-refractivity contribution in [1.29, 1.82) is 0 Å². The van der Waals surface area contributed by atoms with Crippen molar-refractivity contribution >= 4 is 5.91 Å². The third kappa shape index (κ3) is 3.21. The molecule has 0 radical (unpaired) electrons. The van der Waals surface area contributed by atoms with Crippen molar-refractivity contribution in [2.75, 3.05) is 13.7 Å². The number of hydrogen-bond acceptors (Lipinski definition) is 3. The van der Waals surface area contributed by atoms with Crippen LogP contribution in [-0.2, 0) is 10.2 Å². The van der Waals surface area contributed by atoms with Gasteiger partial charge in [0, 0.05) is 0 Å². The molecule has 1 atom stereocenters. The molecule has 0 bridgehead atoms. The number of rotatable bonds is 6. The summed E-state index contributed by atoms with van der Waals surface area (Å²) < 4.78 is 6.02. The van der Waals surface area contributed by atoms with Gasteiger partial charge >= 0.3 is 0 Å². The minimum atomic E-state index is -0.759. The van der Waals surface area contributed by atoms with E-state index < -0.39 is 5.54 Å². The van der Waals surface area contributed by atoms with E-state index in [9.17, 15) is 4.79 Å². The van der Waals surface area contributed by atoms with Crippen molar-refractivity contribution in [2.24, 2.45) is 11.7 Å². The highest BCUT2D eigenvalue weighted by atomic mass is 16.5. The quantitative estimate of drug-likeness (QED) is 0.844. The Morgan fingerprint density at radius 3 is 2.43 bits per heavy atom. The van der Waals surface area contributed by atoms with Gasteiger partial charge in [-0.15, -0.1) is 0 Å². The second-order valence-corrected chi connectivity index (χ2v) is 6.89. The highest BCUT2D eigenvalue weighted by Crippen LogP contribution is 2.40. The lowest BCUT2D eigenvalue weighted by Gasteiger charge is -2.31. The van der Waals surface area contributed by atoms with Crippen LogP contribution in [0.2, 0.25) is 0 Å². The maximum absolute atomic E-state index is 11.9. The molecule has 1 aliphatic rings. The molecule has 1 unspecified atom stereocenters. The van der Waals surface area contributed by atoms with Crippen molar-refractivity contribution in [3.8, 4) is 5.75 Å². The Balaban J connectivity index is 2.21. The minimum Gasteiger partial charge on any atom is -0.491 e. The van der Waals surface area contributed by atoms with Gasteiger partial charge in [0.15, 0.2) is 0 Å². The lowest BCUT2D eigenvalue weighted by Crippen LogP contribution is -2.59. The van der Waals surface area contributed by atoms with Crippen LogP contribution in [0.15, 0.2) is 24.3 Å². The molecule has 21 heavy (non-hydrogen) atoms. The first kappa shape index (κ1) is 15.8. The predicted molar refractivity (Wildman–Crippen MR) is 84.3 cm³/mol. The van der Waals surface area contributed by atoms with E-state index in [0.717, 1.165) is 24.2 Å². The largest absolute Gasteiger partial charge is 0.491 e. The SMILES string of the molecule is CNC(COc1ccccc1C(C)(C)C)(C(N)=O)C1CC1. The number of nitrogens with two attached hydrogens (primary N) is 1. The first-order chi connectivity index (χ1) is 9.81. The predicted octanol–water partition coefficient (Wildman–Crippen LogP) is 2.22. The van der Waals surface area contributed by atoms with Crippen molar-refractivity contribution < 1.29 is 9.53 Å². The molecular weight excluding hydrogens is 264 g/mol. The molecule has 4 nitrogen and oxygen atoms in total. The number of amides is 1. The van der Waals surface area contributed by atoms with E-state index in [1.165, 1.54) is 0 Å². The number of para-hydroxylation sites is 1. The standard InChI is InChI=1S/C17H26N2O2/c1-16(2,3)13-7-5-6-8-14(13)21-11-17(19-4,15(18)20)12-9-10-12/h5-8,12,19H,9-11H2,1-4H3,(H2,18,20). The van der Waals surface area contributed by atoms with E-state index in [1.54, 1.807) is 7.05 Å². The number of primary amides is 1. The molecule has 1 saturated carbocycles. The third-order valence-corrected chi connectivity index (χ3v) is 4.31. The average Bonchev–Trinajstić information content (AvgIpc) is 3.24. The van der Waals surface area contributed by atoms with Gasteiger partial charge in [-0.1, -0.05) is 39.0 Å². The molecule has 0 aliphatic heterocycles. The third-order valence-electron chi connectivity index (χ3n) is 4.31. The zero-order chi connectivity index (χ0) is 15.7. The summed E-state index contributed by atoms with van der Waals surface area (Å²) in [5.41, 5.74) is 6.00. The molecule has 1 aromatic rings. The smallest absolute Gasteiger partial charge is 0.241 e. The first-order valence-electron chi connectivity index (χ1n) is 7.52. The highest BCUT2D eigenvalue weighted by molar-refractivity contribution is 5.85. The van der Waals surface area contributed by atoms with Gasteiger partial charge in [-0.05, 0) is 42.9 Å². The van der Waals surface area contributed by atoms with Gasteiger partial charge in [0.1, 0.15) is 17.9 Å². The van der Waals surface area contributed by atoms with Gasteiger partial charge in [0.2, 0.25) is 5.91 Å². The molecule has 0 aromatic heterocycles. The Morgan fingerprint density at radius 2 is 1.95 bits per heavy atom. The van der Waals surface area contributed by atoms with Crippen LogP contribution in [0.25, 0.3) is 0 Å². The lowest BCUT2D eigenvalue weighted by molar-refractivity contribution is -0.126. The number of ether oxygens (including phenoxy) is 1. The summed E-state index contributed by atoms with van der Waals surface area (Å²) in [5.74, 6) is 0.772. The van der Waals surface area contributed by atoms with Gasteiger partial charge in [0.25, 0.3) is 0 Å². The van der Waals surface area contributed by atoms with Crippen LogP contribution in [-0.4, -0.2) is 25.1 Å². The molecule has 1 amide bonds. The molecule has 2 rings (SSSR count). The number of benzene rings is 1. The molecule has 0 spiro atoms. The first-order valence-corrected chi connectivity index (χ1v) is 7.52. The Kier molecular flexibility index (Phi) is 4.28. The number of nitrogens with one attached hydrogen (secondary N) is 1. The molecule has 3 N–H and O–H groups in total. The monoisotopic (exact) mass is 290 g/mol. The second-order valence-electron chi connectivity index (χ2n) is 6.89. The summed E-state index contributed by atoms with van der Waals surface area (Å²) in [4.78, 5) is 11.9. The van der Waals surface area contributed by atoms with E-state index in [0.29, 0.717) is 0 Å². The fourth-order valence-electron chi connectivity index (χ4n) is 2.77. The topological polar surface area (TPSA) is 64.3 Å². The summed E-state index contributed by atoms with van der Waals surface area (Å²) in [6.45, 7) is 6.72. The fraction of sp³-hybridized carbons (Fsp3) is 0.588.